The average molecular weight is 278 g/mol. The fourth-order valence-electron chi connectivity index (χ4n) is 2.02. The first-order valence-corrected chi connectivity index (χ1v) is 6.91. The van der Waals surface area contributed by atoms with Crippen molar-refractivity contribution >= 4 is 11.9 Å². The van der Waals surface area contributed by atoms with E-state index in [1.54, 1.807) is 17.3 Å². The maximum atomic E-state index is 12.2. The van der Waals surface area contributed by atoms with Crippen LogP contribution in [0, 0.1) is 0 Å². The lowest BCUT2D eigenvalue weighted by Crippen LogP contribution is -2.38. The van der Waals surface area contributed by atoms with E-state index in [9.17, 15) is 9.59 Å². The van der Waals surface area contributed by atoms with Gasteiger partial charge in [0.05, 0.1) is 0 Å². The first-order chi connectivity index (χ1) is 9.50. The van der Waals surface area contributed by atoms with Crippen LogP contribution in [0.3, 0.4) is 0 Å². The van der Waals surface area contributed by atoms with Crippen molar-refractivity contribution in [3.05, 3.63) is 30.1 Å². The molecule has 1 aromatic rings. The van der Waals surface area contributed by atoms with Crippen LogP contribution in [-0.2, 0) is 16.0 Å². The molecule has 110 valence electrons. The molecule has 0 spiro atoms. The minimum atomic E-state index is -0.821. The van der Waals surface area contributed by atoms with Crippen molar-refractivity contribution in [3.63, 3.8) is 0 Å². The SMILES string of the molecule is CC(C)N(CCCC(=O)O)C(=O)CCc1ccncc1. The Hall–Kier alpha value is -1.91. The Bertz CT molecular complexity index is 432. The van der Waals surface area contributed by atoms with Gasteiger partial charge in [-0.1, -0.05) is 0 Å². The molecule has 1 heterocycles. The number of carbonyl (C=O) groups is 2. The predicted molar refractivity (Wildman–Crippen MR) is 76.3 cm³/mol. The highest BCUT2D eigenvalue weighted by molar-refractivity contribution is 5.76. The molecular weight excluding hydrogens is 256 g/mol. The molecule has 0 unspecified atom stereocenters. The Morgan fingerprint density at radius 3 is 2.45 bits per heavy atom. The summed E-state index contributed by atoms with van der Waals surface area (Å²) in [5.41, 5.74) is 1.09. The maximum absolute atomic E-state index is 12.2. The van der Waals surface area contributed by atoms with Gasteiger partial charge in [-0.25, -0.2) is 0 Å². The maximum Gasteiger partial charge on any atom is 0.303 e. The van der Waals surface area contributed by atoms with E-state index in [1.165, 1.54) is 0 Å². The van der Waals surface area contributed by atoms with Crippen molar-refractivity contribution in [2.45, 2.75) is 45.6 Å². The van der Waals surface area contributed by atoms with Crippen LogP contribution in [0.2, 0.25) is 0 Å². The van der Waals surface area contributed by atoms with Gasteiger partial charge in [0.15, 0.2) is 0 Å². The van der Waals surface area contributed by atoms with Crippen LogP contribution >= 0.6 is 0 Å². The van der Waals surface area contributed by atoms with Gasteiger partial charge in [-0.2, -0.15) is 0 Å². The van der Waals surface area contributed by atoms with Gasteiger partial charge < -0.3 is 10.0 Å². The Labute approximate surface area is 119 Å². The molecule has 0 fully saturated rings. The van der Waals surface area contributed by atoms with Crippen LogP contribution < -0.4 is 0 Å². The number of carbonyl (C=O) groups excluding carboxylic acids is 1. The number of nitrogens with zero attached hydrogens (tertiary/aromatic N) is 2. The van der Waals surface area contributed by atoms with E-state index >= 15 is 0 Å². The van der Waals surface area contributed by atoms with Crippen molar-refractivity contribution in [1.29, 1.82) is 0 Å². The molecule has 1 rings (SSSR count). The molecule has 0 bridgehead atoms. The average Bonchev–Trinajstić information content (AvgIpc) is 2.41. The molecule has 5 heteroatoms. The van der Waals surface area contributed by atoms with Crippen molar-refractivity contribution < 1.29 is 14.7 Å². The summed E-state index contributed by atoms with van der Waals surface area (Å²) in [6, 6.07) is 3.89. The monoisotopic (exact) mass is 278 g/mol. The van der Waals surface area contributed by atoms with E-state index < -0.39 is 5.97 Å². The number of hydrogen-bond acceptors (Lipinski definition) is 3. The van der Waals surface area contributed by atoms with Crippen LogP contribution in [-0.4, -0.2) is 39.5 Å². The number of aliphatic carboxylic acids is 1. The summed E-state index contributed by atoms with van der Waals surface area (Å²) in [7, 11) is 0. The molecule has 1 aromatic heterocycles. The number of carboxylic acid groups (broad SMARTS) is 1. The van der Waals surface area contributed by atoms with Gasteiger partial charge >= 0.3 is 5.97 Å². The molecule has 0 aliphatic carbocycles. The molecule has 5 nitrogen and oxygen atoms in total. The van der Waals surface area contributed by atoms with Crippen LogP contribution in [0.5, 0.6) is 0 Å². The van der Waals surface area contributed by atoms with Gasteiger partial charge in [0, 0.05) is 37.8 Å². The summed E-state index contributed by atoms with van der Waals surface area (Å²) in [4.78, 5) is 28.4. The van der Waals surface area contributed by atoms with Crippen LogP contribution in [0.4, 0.5) is 0 Å². The third-order valence-electron chi connectivity index (χ3n) is 3.11. The number of pyridine rings is 1. The second-order valence-corrected chi connectivity index (χ2v) is 5.03. The fraction of sp³-hybridized carbons (Fsp3) is 0.533. The van der Waals surface area contributed by atoms with Gasteiger partial charge in [0.1, 0.15) is 0 Å². The second kappa shape index (κ2) is 8.30. The molecule has 0 saturated carbocycles. The van der Waals surface area contributed by atoms with Crippen molar-refractivity contribution in [1.82, 2.24) is 9.88 Å². The Morgan fingerprint density at radius 2 is 1.90 bits per heavy atom. The Morgan fingerprint density at radius 1 is 1.25 bits per heavy atom. The number of aromatic nitrogens is 1. The molecule has 0 saturated heterocycles. The van der Waals surface area contributed by atoms with E-state index in [0.29, 0.717) is 25.8 Å². The lowest BCUT2D eigenvalue weighted by molar-refractivity contribution is -0.138. The zero-order chi connectivity index (χ0) is 15.0. The fourth-order valence-corrected chi connectivity index (χ4v) is 2.02. The van der Waals surface area contributed by atoms with Gasteiger partial charge in [-0.15, -0.1) is 0 Å². The molecule has 20 heavy (non-hydrogen) atoms. The highest BCUT2D eigenvalue weighted by Gasteiger charge is 2.16. The van der Waals surface area contributed by atoms with Gasteiger partial charge in [0.25, 0.3) is 0 Å². The third kappa shape index (κ3) is 5.82. The van der Waals surface area contributed by atoms with E-state index in [4.69, 9.17) is 5.11 Å². The predicted octanol–water partition coefficient (Wildman–Crippen LogP) is 2.12. The highest BCUT2D eigenvalue weighted by atomic mass is 16.4. The normalized spacial score (nSPS) is 10.6. The molecule has 0 radical (unpaired) electrons. The minimum absolute atomic E-state index is 0.0715. The number of amides is 1. The largest absolute Gasteiger partial charge is 0.481 e. The Balaban J connectivity index is 2.45. The second-order valence-electron chi connectivity index (χ2n) is 5.03. The smallest absolute Gasteiger partial charge is 0.303 e. The van der Waals surface area contributed by atoms with E-state index in [1.807, 2.05) is 26.0 Å². The quantitative estimate of drug-likeness (QED) is 0.790. The molecule has 1 N–H and O–H groups in total. The topological polar surface area (TPSA) is 70.5 Å². The number of hydrogen-bond donors (Lipinski definition) is 1. The lowest BCUT2D eigenvalue weighted by atomic mass is 10.1. The molecule has 0 atom stereocenters. The summed E-state index contributed by atoms with van der Waals surface area (Å²) >= 11 is 0. The van der Waals surface area contributed by atoms with Crippen LogP contribution in [0.1, 0.15) is 38.7 Å². The van der Waals surface area contributed by atoms with Gasteiger partial charge in [-0.05, 0) is 44.4 Å². The summed E-state index contributed by atoms with van der Waals surface area (Å²) < 4.78 is 0. The summed E-state index contributed by atoms with van der Waals surface area (Å²) in [6.45, 7) is 4.40. The number of carboxylic acids is 1. The molecule has 1 amide bonds. The first kappa shape index (κ1) is 16.1. The zero-order valence-corrected chi connectivity index (χ0v) is 12.1. The number of rotatable bonds is 8. The lowest BCUT2D eigenvalue weighted by Gasteiger charge is -2.26. The molecule has 0 aliphatic heterocycles. The van der Waals surface area contributed by atoms with Crippen LogP contribution in [0.15, 0.2) is 24.5 Å². The van der Waals surface area contributed by atoms with Gasteiger partial charge in [-0.3, -0.25) is 14.6 Å². The van der Waals surface area contributed by atoms with E-state index in [0.717, 1.165) is 5.56 Å². The van der Waals surface area contributed by atoms with E-state index in [2.05, 4.69) is 4.98 Å². The Kier molecular flexibility index (Phi) is 6.70. The molecule has 0 aromatic carbocycles. The highest BCUT2D eigenvalue weighted by Crippen LogP contribution is 2.08. The minimum Gasteiger partial charge on any atom is -0.481 e. The van der Waals surface area contributed by atoms with Crippen molar-refractivity contribution in [2.24, 2.45) is 0 Å². The first-order valence-electron chi connectivity index (χ1n) is 6.91. The van der Waals surface area contributed by atoms with Crippen molar-refractivity contribution in [3.8, 4) is 0 Å². The summed E-state index contributed by atoms with van der Waals surface area (Å²) in [5.74, 6) is -0.750. The van der Waals surface area contributed by atoms with Crippen molar-refractivity contribution in [2.75, 3.05) is 6.54 Å². The van der Waals surface area contributed by atoms with Gasteiger partial charge in [0.2, 0.25) is 5.91 Å². The van der Waals surface area contributed by atoms with E-state index in [-0.39, 0.29) is 18.4 Å². The summed E-state index contributed by atoms with van der Waals surface area (Å²) in [5, 5.41) is 8.65. The van der Waals surface area contributed by atoms with Crippen LogP contribution in [0.25, 0.3) is 0 Å². The molecule has 0 aliphatic rings. The third-order valence-corrected chi connectivity index (χ3v) is 3.11. The summed E-state index contributed by atoms with van der Waals surface area (Å²) in [6.07, 6.45) is 5.15. The molecular formula is C15H22N2O3. The number of aryl methyl sites for hydroxylation is 1. The standard InChI is InChI=1S/C15H22N2O3/c1-12(2)17(11-3-4-15(19)20)14(18)6-5-13-7-9-16-10-8-13/h7-10,12H,3-6,11H2,1-2H3,(H,19,20). The zero-order valence-electron chi connectivity index (χ0n) is 12.1.